The Kier molecular flexibility index (Phi) is 2.30. The van der Waals surface area contributed by atoms with Gasteiger partial charge in [-0.15, -0.1) is 10.2 Å². The molecule has 0 atom stereocenters. The molecular formula is C11H15N7. The highest BCUT2D eigenvalue weighted by atomic mass is 15.3. The molecule has 0 unspecified atom stereocenters. The van der Waals surface area contributed by atoms with Gasteiger partial charge in [-0.2, -0.15) is 0 Å². The number of nitrogens with zero attached hydrogens (tertiary/aromatic N) is 5. The average Bonchev–Trinajstić information content (AvgIpc) is 3.02. The van der Waals surface area contributed by atoms with E-state index in [1.54, 1.807) is 12.7 Å². The van der Waals surface area contributed by atoms with Crippen molar-refractivity contribution in [1.82, 2.24) is 29.5 Å². The molecule has 0 aliphatic heterocycles. The van der Waals surface area contributed by atoms with Gasteiger partial charge in [0, 0.05) is 0 Å². The summed E-state index contributed by atoms with van der Waals surface area (Å²) in [4.78, 5) is 11.4. The summed E-state index contributed by atoms with van der Waals surface area (Å²) in [5, 5.41) is 8.44. The van der Waals surface area contributed by atoms with Gasteiger partial charge in [-0.25, -0.2) is 9.97 Å². The second-order valence-corrected chi connectivity index (χ2v) is 4.43. The zero-order valence-corrected chi connectivity index (χ0v) is 10.4. The number of hydrogen-bond donors (Lipinski definition) is 2. The molecule has 18 heavy (non-hydrogen) atoms. The number of aromatic amines is 1. The molecule has 3 N–H and O–H groups in total. The van der Waals surface area contributed by atoms with Gasteiger partial charge >= 0.3 is 0 Å². The highest BCUT2D eigenvalue weighted by Gasteiger charge is 2.29. The Balaban J connectivity index is 2.32. The first-order chi connectivity index (χ1) is 8.69. The van der Waals surface area contributed by atoms with Gasteiger partial charge in [0.1, 0.15) is 11.8 Å². The highest BCUT2D eigenvalue weighted by molar-refractivity contribution is 5.84. The lowest BCUT2D eigenvalue weighted by Crippen LogP contribution is -2.37. The Hall–Kier alpha value is -2.02. The van der Waals surface area contributed by atoms with Crippen LogP contribution >= 0.6 is 0 Å². The van der Waals surface area contributed by atoms with Crippen molar-refractivity contribution in [1.29, 1.82) is 0 Å². The Morgan fingerprint density at radius 3 is 2.78 bits per heavy atom. The van der Waals surface area contributed by atoms with Crippen LogP contribution in [0.3, 0.4) is 0 Å². The summed E-state index contributed by atoms with van der Waals surface area (Å²) in [5.41, 5.74) is 8.03. The quantitative estimate of drug-likeness (QED) is 0.716. The van der Waals surface area contributed by atoms with Gasteiger partial charge in [0.15, 0.2) is 17.1 Å². The van der Waals surface area contributed by atoms with Gasteiger partial charge in [-0.05, 0) is 12.8 Å². The van der Waals surface area contributed by atoms with Crippen LogP contribution in [0.4, 0.5) is 0 Å². The number of rotatable bonds is 3. The molecule has 3 rings (SSSR count). The van der Waals surface area contributed by atoms with Crippen LogP contribution in [-0.2, 0) is 5.54 Å². The SMILES string of the molecule is CCC(N)(CC)c1nnc2c3[nH]cnc3ncn12. The van der Waals surface area contributed by atoms with Crippen molar-refractivity contribution < 1.29 is 0 Å². The number of aromatic nitrogens is 6. The number of nitrogens with two attached hydrogens (primary N) is 1. The molecular weight excluding hydrogens is 230 g/mol. The van der Waals surface area contributed by atoms with Crippen LogP contribution in [-0.4, -0.2) is 29.5 Å². The molecule has 94 valence electrons. The van der Waals surface area contributed by atoms with E-state index in [0.717, 1.165) is 24.2 Å². The maximum Gasteiger partial charge on any atom is 0.189 e. The summed E-state index contributed by atoms with van der Waals surface area (Å²) in [6, 6.07) is 0. The fourth-order valence-electron chi connectivity index (χ4n) is 2.14. The standard InChI is InChI=1S/C11H15N7/c1-3-11(12,4-2)10-17-16-9-7-8(14-5-13-7)15-6-18(9)10/h5-6H,3-4,12H2,1-2H3,(H,13,14). The minimum Gasteiger partial charge on any atom is -0.340 e. The highest BCUT2D eigenvalue weighted by Crippen LogP contribution is 2.25. The van der Waals surface area contributed by atoms with Crippen molar-refractivity contribution in [2.45, 2.75) is 32.2 Å². The van der Waals surface area contributed by atoms with Crippen molar-refractivity contribution in [3.05, 3.63) is 18.5 Å². The molecule has 0 bridgehead atoms. The van der Waals surface area contributed by atoms with E-state index in [0.29, 0.717) is 11.3 Å². The van der Waals surface area contributed by atoms with Gasteiger partial charge in [0.05, 0.1) is 11.9 Å². The van der Waals surface area contributed by atoms with Crippen molar-refractivity contribution in [3.63, 3.8) is 0 Å². The van der Waals surface area contributed by atoms with Crippen molar-refractivity contribution in [2.24, 2.45) is 5.73 Å². The van der Waals surface area contributed by atoms with Gasteiger partial charge in [0.25, 0.3) is 0 Å². The van der Waals surface area contributed by atoms with Crippen molar-refractivity contribution in [3.8, 4) is 0 Å². The van der Waals surface area contributed by atoms with E-state index in [1.807, 2.05) is 18.2 Å². The largest absolute Gasteiger partial charge is 0.340 e. The lowest BCUT2D eigenvalue weighted by Gasteiger charge is -2.24. The molecule has 0 radical (unpaired) electrons. The normalized spacial score (nSPS) is 12.6. The molecule has 0 spiro atoms. The zero-order valence-electron chi connectivity index (χ0n) is 10.4. The molecule has 0 aromatic carbocycles. The van der Waals surface area contributed by atoms with Crippen LogP contribution in [0.2, 0.25) is 0 Å². The number of hydrogen-bond acceptors (Lipinski definition) is 5. The molecule has 0 aliphatic rings. The molecule has 0 amide bonds. The van der Waals surface area contributed by atoms with Crippen LogP contribution < -0.4 is 5.73 Å². The number of imidazole rings is 1. The molecule has 7 heteroatoms. The molecule has 3 heterocycles. The maximum atomic E-state index is 6.37. The number of H-pyrrole nitrogens is 1. The van der Waals surface area contributed by atoms with Gasteiger partial charge in [0.2, 0.25) is 0 Å². The summed E-state index contributed by atoms with van der Waals surface area (Å²) >= 11 is 0. The van der Waals surface area contributed by atoms with Crippen LogP contribution in [0.25, 0.3) is 16.8 Å². The second kappa shape index (κ2) is 3.74. The van der Waals surface area contributed by atoms with E-state index >= 15 is 0 Å². The molecule has 3 aromatic rings. The molecule has 7 nitrogen and oxygen atoms in total. The number of nitrogens with one attached hydrogen (secondary N) is 1. The first kappa shape index (κ1) is 11.1. The first-order valence-electron chi connectivity index (χ1n) is 6.01. The molecule has 3 aromatic heterocycles. The third-order valence-electron chi connectivity index (χ3n) is 3.54. The minimum atomic E-state index is -0.477. The first-order valence-corrected chi connectivity index (χ1v) is 6.01. The van der Waals surface area contributed by atoms with E-state index < -0.39 is 5.54 Å². The van der Waals surface area contributed by atoms with Gasteiger partial charge in [-0.3, -0.25) is 4.40 Å². The molecule has 0 aliphatic carbocycles. The van der Waals surface area contributed by atoms with E-state index in [4.69, 9.17) is 5.73 Å². The average molecular weight is 245 g/mol. The van der Waals surface area contributed by atoms with Crippen molar-refractivity contribution >= 4 is 16.8 Å². The van der Waals surface area contributed by atoms with Gasteiger partial charge < -0.3 is 10.7 Å². The van der Waals surface area contributed by atoms with Gasteiger partial charge in [-0.1, -0.05) is 13.8 Å². The van der Waals surface area contributed by atoms with E-state index in [-0.39, 0.29) is 0 Å². The Morgan fingerprint density at radius 1 is 1.28 bits per heavy atom. The molecule has 0 saturated carbocycles. The van der Waals surface area contributed by atoms with Crippen LogP contribution in [0.5, 0.6) is 0 Å². The predicted octanol–water partition coefficient (Wildman–Crippen LogP) is 0.975. The van der Waals surface area contributed by atoms with Crippen LogP contribution in [0.15, 0.2) is 12.7 Å². The van der Waals surface area contributed by atoms with Crippen molar-refractivity contribution in [2.75, 3.05) is 0 Å². The smallest absolute Gasteiger partial charge is 0.189 e. The van der Waals surface area contributed by atoms with E-state index in [2.05, 4.69) is 25.1 Å². The summed E-state index contributed by atoms with van der Waals surface area (Å²) in [7, 11) is 0. The lowest BCUT2D eigenvalue weighted by molar-refractivity contribution is 0.383. The van der Waals surface area contributed by atoms with Crippen LogP contribution in [0, 0.1) is 0 Å². The fourth-order valence-corrected chi connectivity index (χ4v) is 2.14. The van der Waals surface area contributed by atoms with E-state index in [1.165, 1.54) is 0 Å². The summed E-state index contributed by atoms with van der Waals surface area (Å²) < 4.78 is 1.84. The molecule has 0 fully saturated rings. The monoisotopic (exact) mass is 245 g/mol. The number of fused-ring (bicyclic) bond motifs is 3. The van der Waals surface area contributed by atoms with E-state index in [9.17, 15) is 0 Å². The summed E-state index contributed by atoms with van der Waals surface area (Å²) in [5.74, 6) is 0.742. The Morgan fingerprint density at radius 2 is 2.06 bits per heavy atom. The summed E-state index contributed by atoms with van der Waals surface area (Å²) in [6.45, 7) is 4.10. The zero-order chi connectivity index (χ0) is 12.8. The third-order valence-corrected chi connectivity index (χ3v) is 3.54. The minimum absolute atomic E-state index is 0.477. The third kappa shape index (κ3) is 1.34. The van der Waals surface area contributed by atoms with Crippen LogP contribution in [0.1, 0.15) is 32.5 Å². The Bertz CT molecular complexity index is 692. The predicted molar refractivity (Wildman–Crippen MR) is 66.9 cm³/mol. The molecule has 0 saturated heterocycles. The lowest BCUT2D eigenvalue weighted by atomic mass is 9.93. The maximum absolute atomic E-state index is 6.37. The fraction of sp³-hybridized carbons (Fsp3) is 0.455. The topological polar surface area (TPSA) is 97.8 Å². The summed E-state index contributed by atoms with van der Waals surface area (Å²) in [6.07, 6.45) is 4.87. The Labute approximate surface area is 103 Å². The second-order valence-electron chi connectivity index (χ2n) is 4.43.